The highest BCUT2D eigenvalue weighted by Crippen LogP contribution is 2.41. The zero-order valence-corrected chi connectivity index (χ0v) is 15.3. The Bertz CT molecular complexity index is 630. The third kappa shape index (κ3) is 2.85. The van der Waals surface area contributed by atoms with Crippen LogP contribution in [0.25, 0.3) is 0 Å². The summed E-state index contributed by atoms with van der Waals surface area (Å²) in [5, 5.41) is 0.534. The summed E-state index contributed by atoms with van der Waals surface area (Å²) in [6.07, 6.45) is 4.82. The largest absolute Gasteiger partial charge is 0.207 e. The van der Waals surface area contributed by atoms with Crippen LogP contribution in [0.2, 0.25) is 5.02 Å². The van der Waals surface area contributed by atoms with Gasteiger partial charge in [0.25, 0.3) is 0 Å². The number of thiophene rings is 1. The highest BCUT2D eigenvalue weighted by molar-refractivity contribution is 9.10. The van der Waals surface area contributed by atoms with Crippen LogP contribution in [0.15, 0.2) is 22.7 Å². The third-order valence-corrected chi connectivity index (χ3v) is 7.37. The molecule has 0 nitrogen and oxygen atoms in total. The summed E-state index contributed by atoms with van der Waals surface area (Å²) in [6, 6.07) is 5.34. The quantitative estimate of drug-likeness (QED) is 0.363. The Labute approximate surface area is 143 Å². The number of benzene rings is 1. The number of rotatable bonds is 2. The van der Waals surface area contributed by atoms with E-state index in [2.05, 4.69) is 37.9 Å². The number of hydrogen-bond acceptors (Lipinski definition) is 1. The van der Waals surface area contributed by atoms with Gasteiger partial charge in [-0.25, -0.2) is 4.39 Å². The molecule has 1 unspecified atom stereocenters. The Balaban J connectivity index is 1.98. The van der Waals surface area contributed by atoms with Crippen molar-refractivity contribution in [3.05, 3.63) is 54.4 Å². The lowest BCUT2D eigenvalue weighted by Crippen LogP contribution is -1.97. The van der Waals surface area contributed by atoms with E-state index in [1.54, 1.807) is 17.4 Å². The van der Waals surface area contributed by atoms with Crippen LogP contribution >= 0.6 is 54.8 Å². The van der Waals surface area contributed by atoms with Crippen LogP contribution in [-0.2, 0) is 12.8 Å². The van der Waals surface area contributed by atoms with Gasteiger partial charge in [0.1, 0.15) is 5.82 Å². The molecule has 0 radical (unpaired) electrons. The second-order valence-electron chi connectivity index (χ2n) is 4.95. The van der Waals surface area contributed by atoms with Crippen molar-refractivity contribution in [2.24, 2.45) is 0 Å². The molecule has 0 spiro atoms. The van der Waals surface area contributed by atoms with Gasteiger partial charge in [-0.3, -0.25) is 0 Å². The molecule has 1 aromatic heterocycles. The van der Waals surface area contributed by atoms with Crippen LogP contribution in [0.4, 0.5) is 4.39 Å². The van der Waals surface area contributed by atoms with Crippen LogP contribution < -0.4 is 0 Å². The van der Waals surface area contributed by atoms with Crippen molar-refractivity contribution >= 4 is 54.8 Å². The zero-order chi connectivity index (χ0) is 14.3. The Hall–Kier alpha value is 0.1000. The lowest BCUT2D eigenvalue weighted by Gasteiger charge is -2.11. The van der Waals surface area contributed by atoms with Crippen LogP contribution in [0.3, 0.4) is 0 Å². The molecule has 0 bridgehead atoms. The molecule has 1 heterocycles. The average molecular weight is 439 g/mol. The van der Waals surface area contributed by atoms with Gasteiger partial charge in [0.05, 0.1) is 9.85 Å². The van der Waals surface area contributed by atoms with E-state index in [0.717, 1.165) is 17.7 Å². The minimum Gasteiger partial charge on any atom is -0.207 e. The maximum absolute atomic E-state index is 14.1. The van der Waals surface area contributed by atoms with Gasteiger partial charge in [0.15, 0.2) is 0 Å². The zero-order valence-electron chi connectivity index (χ0n) is 10.6. The molecule has 20 heavy (non-hydrogen) atoms. The molecule has 106 valence electrons. The molecule has 0 N–H and O–H groups in total. The highest BCUT2D eigenvalue weighted by Gasteiger charge is 2.21. The van der Waals surface area contributed by atoms with Gasteiger partial charge in [-0.15, -0.1) is 11.3 Å². The molecular weight excluding hydrogens is 426 g/mol. The van der Waals surface area contributed by atoms with Gasteiger partial charge in [-0.05, 0) is 65.4 Å². The van der Waals surface area contributed by atoms with Crippen molar-refractivity contribution in [1.82, 2.24) is 0 Å². The van der Waals surface area contributed by atoms with Crippen molar-refractivity contribution in [3.8, 4) is 0 Å². The van der Waals surface area contributed by atoms with E-state index >= 15 is 0 Å². The summed E-state index contributed by atoms with van der Waals surface area (Å²) in [5.74, 6) is -0.241. The first kappa shape index (κ1) is 15.0. The summed E-state index contributed by atoms with van der Waals surface area (Å²) in [6.45, 7) is 0. The van der Waals surface area contributed by atoms with Gasteiger partial charge in [-0.1, -0.05) is 27.5 Å². The summed E-state index contributed by atoms with van der Waals surface area (Å²) >= 11 is 14.7. The smallest absolute Gasteiger partial charge is 0.129 e. The Morgan fingerprint density at radius 2 is 1.95 bits per heavy atom. The van der Waals surface area contributed by atoms with Crippen LogP contribution in [-0.4, -0.2) is 0 Å². The van der Waals surface area contributed by atoms with Gasteiger partial charge >= 0.3 is 0 Å². The Morgan fingerprint density at radius 3 is 2.70 bits per heavy atom. The fourth-order valence-corrected chi connectivity index (χ4v) is 5.03. The third-order valence-electron chi connectivity index (χ3n) is 3.58. The number of aryl methyl sites for hydroxylation is 2. The van der Waals surface area contributed by atoms with E-state index in [4.69, 9.17) is 11.6 Å². The molecule has 0 amide bonds. The monoisotopic (exact) mass is 436 g/mol. The molecule has 1 aliphatic rings. The number of fused-ring (bicyclic) bond motifs is 1. The van der Waals surface area contributed by atoms with Crippen LogP contribution in [0, 0.1) is 5.82 Å². The lowest BCUT2D eigenvalue weighted by molar-refractivity contribution is 0.613. The molecule has 0 saturated carbocycles. The van der Waals surface area contributed by atoms with E-state index in [-0.39, 0.29) is 10.6 Å². The number of hydrogen-bond donors (Lipinski definition) is 0. The predicted octanol–water partition coefficient (Wildman–Crippen LogP) is 6.67. The number of alkyl halides is 1. The fourth-order valence-electron chi connectivity index (χ4n) is 2.52. The van der Waals surface area contributed by atoms with Crippen LogP contribution in [0.1, 0.15) is 38.6 Å². The molecule has 1 aromatic carbocycles. The maximum Gasteiger partial charge on any atom is 0.129 e. The molecule has 0 saturated heterocycles. The second kappa shape index (κ2) is 6.07. The van der Waals surface area contributed by atoms with Gasteiger partial charge < -0.3 is 0 Å². The van der Waals surface area contributed by atoms with E-state index in [9.17, 15) is 4.39 Å². The summed E-state index contributed by atoms with van der Waals surface area (Å²) in [5.41, 5.74) is 2.03. The molecular formula is C15H12Br2ClFS. The molecule has 0 fully saturated rings. The van der Waals surface area contributed by atoms with E-state index in [0.29, 0.717) is 15.1 Å². The van der Waals surface area contributed by atoms with Crippen molar-refractivity contribution in [1.29, 1.82) is 0 Å². The van der Waals surface area contributed by atoms with Crippen molar-refractivity contribution in [2.75, 3.05) is 0 Å². The highest BCUT2D eigenvalue weighted by atomic mass is 79.9. The fraction of sp³-hybridized carbons (Fsp3) is 0.333. The maximum atomic E-state index is 14.1. The predicted molar refractivity (Wildman–Crippen MR) is 90.8 cm³/mol. The first-order chi connectivity index (χ1) is 9.56. The molecule has 3 rings (SSSR count). The standard InChI is InChI=1S/C15H12Br2ClFS/c16-10-7-12(19)9(6-11(10)18)15(17)14-5-8-3-1-2-4-13(8)20-14/h5-7,15H,1-4H2. The Kier molecular flexibility index (Phi) is 4.56. The van der Waals surface area contributed by atoms with Gasteiger partial charge in [-0.2, -0.15) is 0 Å². The van der Waals surface area contributed by atoms with Crippen molar-refractivity contribution < 1.29 is 4.39 Å². The summed E-state index contributed by atoms with van der Waals surface area (Å²) in [7, 11) is 0. The van der Waals surface area contributed by atoms with Crippen molar-refractivity contribution in [3.63, 3.8) is 0 Å². The molecule has 1 atom stereocenters. The minimum absolute atomic E-state index is 0.135. The molecule has 2 aromatic rings. The SMILES string of the molecule is Fc1cc(Br)c(Cl)cc1C(Br)c1cc2c(s1)CCCC2. The van der Waals surface area contributed by atoms with E-state index in [1.807, 2.05) is 0 Å². The minimum atomic E-state index is -0.241. The van der Waals surface area contributed by atoms with Crippen LogP contribution in [0.5, 0.6) is 0 Å². The van der Waals surface area contributed by atoms with Crippen molar-refractivity contribution in [2.45, 2.75) is 30.5 Å². The van der Waals surface area contributed by atoms with Gasteiger partial charge in [0, 0.05) is 19.8 Å². The normalized spacial score (nSPS) is 16.0. The first-order valence-corrected chi connectivity index (χ1v) is 9.36. The average Bonchev–Trinajstić information content (AvgIpc) is 2.86. The summed E-state index contributed by atoms with van der Waals surface area (Å²) in [4.78, 5) is 2.48. The summed E-state index contributed by atoms with van der Waals surface area (Å²) < 4.78 is 14.7. The van der Waals surface area contributed by atoms with E-state index < -0.39 is 0 Å². The Morgan fingerprint density at radius 1 is 1.20 bits per heavy atom. The molecule has 0 aliphatic heterocycles. The topological polar surface area (TPSA) is 0 Å². The molecule has 5 heteroatoms. The van der Waals surface area contributed by atoms with Gasteiger partial charge in [0.2, 0.25) is 0 Å². The molecule has 1 aliphatic carbocycles. The van der Waals surface area contributed by atoms with E-state index in [1.165, 1.54) is 29.3 Å². The first-order valence-electron chi connectivity index (χ1n) is 6.46. The second-order valence-corrected chi connectivity index (χ2v) is 8.30. The lowest BCUT2D eigenvalue weighted by atomic mass is 9.99. The number of halogens is 4.